The third-order valence-corrected chi connectivity index (χ3v) is 2.29. The molecule has 0 spiro atoms. The Hall–Kier alpha value is -1.72. The molecule has 0 aliphatic carbocycles. The number of rotatable bonds is 5. The molecule has 1 aromatic rings. The van der Waals surface area contributed by atoms with E-state index in [1.165, 1.54) is 0 Å². The summed E-state index contributed by atoms with van der Waals surface area (Å²) >= 11 is 0. The third kappa shape index (κ3) is 4.65. The Morgan fingerprint density at radius 3 is 2.61 bits per heavy atom. The minimum atomic E-state index is -4.16. The molecule has 6 heteroatoms. The summed E-state index contributed by atoms with van der Waals surface area (Å²) in [5.74, 6) is 0.412. The lowest BCUT2D eigenvalue weighted by Crippen LogP contribution is -2.10. The van der Waals surface area contributed by atoms with E-state index in [0.29, 0.717) is 17.0 Å². The van der Waals surface area contributed by atoms with Gasteiger partial charge in [-0.05, 0) is 25.5 Å². The van der Waals surface area contributed by atoms with Crippen molar-refractivity contribution in [1.29, 1.82) is 0 Å². The van der Waals surface area contributed by atoms with Crippen LogP contribution in [0.5, 0.6) is 5.75 Å². The van der Waals surface area contributed by atoms with Crippen molar-refractivity contribution >= 4 is 5.71 Å². The lowest BCUT2D eigenvalue weighted by atomic mass is 10.1. The molecule has 0 fully saturated rings. The highest BCUT2D eigenvalue weighted by Crippen LogP contribution is 2.23. The summed E-state index contributed by atoms with van der Waals surface area (Å²) in [5.41, 5.74) is 0.911. The van der Waals surface area contributed by atoms with Gasteiger partial charge in [0.2, 0.25) is 0 Å². The summed E-state index contributed by atoms with van der Waals surface area (Å²) < 4.78 is 41.1. The van der Waals surface area contributed by atoms with Crippen molar-refractivity contribution in [2.75, 3.05) is 6.61 Å². The van der Waals surface area contributed by atoms with E-state index in [9.17, 15) is 13.2 Å². The zero-order chi connectivity index (χ0) is 13.6. The molecule has 0 radical (unpaired) electrons. The van der Waals surface area contributed by atoms with Gasteiger partial charge in [0, 0.05) is 12.0 Å². The van der Waals surface area contributed by atoms with Crippen molar-refractivity contribution in [3.63, 3.8) is 0 Å². The Morgan fingerprint density at radius 2 is 2.00 bits per heavy atom. The van der Waals surface area contributed by atoms with E-state index in [-0.39, 0.29) is 13.0 Å². The maximum atomic E-state index is 11.9. The number of alkyl halides is 3. The average molecular weight is 261 g/mol. The molecule has 0 unspecified atom stereocenters. The SMILES string of the molecule is C/C(=N/O)c1ccccc1OCCCC(F)(F)F. The largest absolute Gasteiger partial charge is 0.493 e. The number of para-hydroxylation sites is 1. The minimum Gasteiger partial charge on any atom is -0.493 e. The molecule has 0 amide bonds. The quantitative estimate of drug-likeness (QED) is 0.381. The van der Waals surface area contributed by atoms with Crippen LogP contribution in [-0.4, -0.2) is 23.7 Å². The molecule has 1 rings (SSSR count). The molecule has 0 bridgehead atoms. The second kappa shape index (κ2) is 6.28. The van der Waals surface area contributed by atoms with Crippen LogP contribution in [0.15, 0.2) is 29.4 Å². The number of benzene rings is 1. The Balaban J connectivity index is 2.57. The molecule has 0 aliphatic rings. The first-order valence-corrected chi connectivity index (χ1v) is 5.41. The number of hydrogen-bond donors (Lipinski definition) is 1. The molecular weight excluding hydrogens is 247 g/mol. The van der Waals surface area contributed by atoms with E-state index in [0.717, 1.165) is 0 Å². The third-order valence-electron chi connectivity index (χ3n) is 2.29. The van der Waals surface area contributed by atoms with Crippen LogP contribution in [0.3, 0.4) is 0 Å². The molecule has 0 saturated carbocycles. The minimum absolute atomic E-state index is 0.0325. The number of hydrogen-bond acceptors (Lipinski definition) is 3. The van der Waals surface area contributed by atoms with E-state index in [4.69, 9.17) is 9.94 Å². The predicted molar refractivity (Wildman–Crippen MR) is 61.2 cm³/mol. The fourth-order valence-electron chi connectivity index (χ4n) is 1.40. The predicted octanol–water partition coefficient (Wildman–Crippen LogP) is 3.61. The van der Waals surface area contributed by atoms with Gasteiger partial charge in [0.15, 0.2) is 0 Å². The molecule has 0 aromatic heterocycles. The highest BCUT2D eigenvalue weighted by molar-refractivity contribution is 6.00. The van der Waals surface area contributed by atoms with Crippen LogP contribution in [-0.2, 0) is 0 Å². The zero-order valence-electron chi connectivity index (χ0n) is 9.87. The first-order chi connectivity index (χ1) is 8.44. The Bertz CT molecular complexity index is 416. The van der Waals surface area contributed by atoms with E-state index < -0.39 is 12.6 Å². The number of nitrogens with zero attached hydrogens (tertiary/aromatic N) is 1. The number of oxime groups is 1. The van der Waals surface area contributed by atoms with Crippen molar-refractivity contribution in [3.8, 4) is 5.75 Å². The van der Waals surface area contributed by atoms with E-state index in [2.05, 4.69) is 5.16 Å². The lowest BCUT2D eigenvalue weighted by molar-refractivity contribution is -0.136. The first kappa shape index (κ1) is 14.3. The smallest absolute Gasteiger partial charge is 0.389 e. The number of ether oxygens (including phenoxy) is 1. The topological polar surface area (TPSA) is 41.8 Å². The van der Waals surface area contributed by atoms with Crippen LogP contribution >= 0.6 is 0 Å². The normalized spacial score (nSPS) is 12.6. The highest BCUT2D eigenvalue weighted by Gasteiger charge is 2.26. The summed E-state index contributed by atoms with van der Waals surface area (Å²) in [5, 5.41) is 11.7. The van der Waals surface area contributed by atoms with Crippen molar-refractivity contribution in [1.82, 2.24) is 0 Å². The molecule has 0 heterocycles. The monoisotopic (exact) mass is 261 g/mol. The van der Waals surface area contributed by atoms with Crippen LogP contribution in [0.2, 0.25) is 0 Å². The Kier molecular flexibility index (Phi) is 5.00. The van der Waals surface area contributed by atoms with Crippen molar-refractivity contribution in [3.05, 3.63) is 29.8 Å². The fourth-order valence-corrected chi connectivity index (χ4v) is 1.40. The van der Waals surface area contributed by atoms with Crippen LogP contribution in [0.1, 0.15) is 25.3 Å². The van der Waals surface area contributed by atoms with Crippen LogP contribution < -0.4 is 4.74 Å². The Morgan fingerprint density at radius 1 is 1.33 bits per heavy atom. The van der Waals surface area contributed by atoms with E-state index in [1.807, 2.05) is 0 Å². The summed E-state index contributed by atoms with van der Waals surface area (Å²) in [6.07, 6.45) is -5.14. The second-order valence-electron chi connectivity index (χ2n) is 3.75. The van der Waals surface area contributed by atoms with Crippen molar-refractivity contribution in [2.24, 2.45) is 5.16 Å². The van der Waals surface area contributed by atoms with Gasteiger partial charge in [0.1, 0.15) is 5.75 Å². The molecule has 1 aromatic carbocycles. The fraction of sp³-hybridized carbons (Fsp3) is 0.417. The van der Waals surface area contributed by atoms with Gasteiger partial charge in [-0.3, -0.25) is 0 Å². The van der Waals surface area contributed by atoms with Crippen LogP contribution in [0, 0.1) is 0 Å². The van der Waals surface area contributed by atoms with Gasteiger partial charge in [-0.25, -0.2) is 0 Å². The van der Waals surface area contributed by atoms with E-state index >= 15 is 0 Å². The molecule has 3 nitrogen and oxygen atoms in total. The standard InChI is InChI=1S/C12H14F3NO2/c1-9(16-17)10-5-2-3-6-11(10)18-8-4-7-12(13,14)15/h2-3,5-6,17H,4,7-8H2,1H3/b16-9-. The molecule has 1 N–H and O–H groups in total. The maximum absolute atomic E-state index is 11.9. The molecular formula is C12H14F3NO2. The van der Waals surface area contributed by atoms with Crippen LogP contribution in [0.25, 0.3) is 0 Å². The van der Waals surface area contributed by atoms with Gasteiger partial charge >= 0.3 is 6.18 Å². The van der Waals surface area contributed by atoms with Gasteiger partial charge in [0.05, 0.1) is 12.3 Å². The molecule has 0 atom stereocenters. The Labute approximate surface area is 103 Å². The number of halogens is 3. The zero-order valence-corrected chi connectivity index (χ0v) is 9.87. The van der Waals surface area contributed by atoms with Gasteiger partial charge in [0.25, 0.3) is 0 Å². The van der Waals surface area contributed by atoms with Crippen molar-refractivity contribution < 1.29 is 23.1 Å². The van der Waals surface area contributed by atoms with Crippen molar-refractivity contribution in [2.45, 2.75) is 25.9 Å². The molecule has 18 heavy (non-hydrogen) atoms. The highest BCUT2D eigenvalue weighted by atomic mass is 19.4. The molecule has 0 saturated heterocycles. The summed E-state index contributed by atoms with van der Waals surface area (Å²) in [6, 6.07) is 6.73. The summed E-state index contributed by atoms with van der Waals surface area (Å²) in [4.78, 5) is 0. The maximum Gasteiger partial charge on any atom is 0.389 e. The summed E-state index contributed by atoms with van der Waals surface area (Å²) in [6.45, 7) is 1.55. The molecule has 0 aliphatic heterocycles. The van der Waals surface area contributed by atoms with Gasteiger partial charge in [-0.2, -0.15) is 13.2 Å². The second-order valence-corrected chi connectivity index (χ2v) is 3.75. The first-order valence-electron chi connectivity index (χ1n) is 5.41. The molecule has 100 valence electrons. The lowest BCUT2D eigenvalue weighted by Gasteiger charge is -2.11. The summed E-state index contributed by atoms with van der Waals surface area (Å²) in [7, 11) is 0. The van der Waals surface area contributed by atoms with Gasteiger partial charge in [-0.15, -0.1) is 0 Å². The van der Waals surface area contributed by atoms with Gasteiger partial charge < -0.3 is 9.94 Å². The average Bonchev–Trinajstić information content (AvgIpc) is 2.33. The van der Waals surface area contributed by atoms with Crippen LogP contribution in [0.4, 0.5) is 13.2 Å². The van der Waals surface area contributed by atoms with Gasteiger partial charge in [-0.1, -0.05) is 17.3 Å². The van der Waals surface area contributed by atoms with E-state index in [1.54, 1.807) is 31.2 Å².